The van der Waals surface area contributed by atoms with Gasteiger partial charge in [-0.1, -0.05) is 85.0 Å². The first-order valence-corrected chi connectivity index (χ1v) is 10.1. The number of nitrogens with zero attached hydrogens (tertiary/aromatic N) is 3. The van der Waals surface area contributed by atoms with Gasteiger partial charge in [-0.2, -0.15) is 10.4 Å². The second kappa shape index (κ2) is 8.73. The van der Waals surface area contributed by atoms with E-state index in [0.29, 0.717) is 5.57 Å². The number of rotatable bonds is 5. The van der Waals surface area contributed by atoms with Crippen molar-refractivity contribution in [1.29, 1.82) is 5.26 Å². The highest BCUT2D eigenvalue weighted by molar-refractivity contribution is 7.80. The van der Waals surface area contributed by atoms with Crippen LogP contribution in [0.3, 0.4) is 0 Å². The summed E-state index contributed by atoms with van der Waals surface area (Å²) in [7, 11) is 0. The van der Waals surface area contributed by atoms with E-state index in [2.05, 4.69) is 41.4 Å². The minimum atomic E-state index is 0.0994. The first-order chi connectivity index (χ1) is 14.7. The lowest BCUT2D eigenvalue weighted by Crippen LogP contribution is -2.18. The third kappa shape index (κ3) is 4.14. The van der Waals surface area contributed by atoms with E-state index in [-0.39, 0.29) is 11.0 Å². The van der Waals surface area contributed by atoms with Gasteiger partial charge in [0.15, 0.2) is 0 Å². The van der Waals surface area contributed by atoms with Gasteiger partial charge >= 0.3 is 0 Å². The van der Waals surface area contributed by atoms with Crippen LogP contribution in [0.1, 0.15) is 29.2 Å². The third-order valence-electron chi connectivity index (χ3n) is 5.06. The first kappa shape index (κ1) is 19.6. The summed E-state index contributed by atoms with van der Waals surface area (Å²) < 4.78 is 0. The third-order valence-corrected chi connectivity index (χ3v) is 5.28. The van der Waals surface area contributed by atoms with Crippen LogP contribution in [0, 0.1) is 11.3 Å². The molecule has 0 aliphatic carbocycles. The molecule has 1 atom stereocenters. The summed E-state index contributed by atoms with van der Waals surface area (Å²) >= 11 is 4.92. The number of thiocarbonyl (C=S) groups is 1. The summed E-state index contributed by atoms with van der Waals surface area (Å²) in [6.07, 6.45) is 2.53. The topological polar surface area (TPSA) is 65.4 Å². The Morgan fingerprint density at radius 2 is 1.63 bits per heavy atom. The zero-order chi connectivity index (χ0) is 20.9. The number of hydrazone groups is 1. The minimum Gasteiger partial charge on any atom is -0.389 e. The monoisotopic (exact) mass is 408 g/mol. The van der Waals surface area contributed by atoms with Gasteiger partial charge in [-0.05, 0) is 34.9 Å². The molecule has 5 heteroatoms. The van der Waals surface area contributed by atoms with Gasteiger partial charge in [-0.15, -0.1) is 0 Å². The van der Waals surface area contributed by atoms with Crippen LogP contribution in [-0.4, -0.2) is 10.7 Å². The van der Waals surface area contributed by atoms with Crippen LogP contribution in [0.4, 0.5) is 5.69 Å². The van der Waals surface area contributed by atoms with Gasteiger partial charge < -0.3 is 5.73 Å². The molecule has 30 heavy (non-hydrogen) atoms. The molecule has 4 rings (SSSR count). The zero-order valence-corrected chi connectivity index (χ0v) is 17.1. The predicted molar refractivity (Wildman–Crippen MR) is 126 cm³/mol. The molecule has 2 N–H and O–H groups in total. The number of anilines is 1. The van der Waals surface area contributed by atoms with Crippen LogP contribution in [0.15, 0.2) is 95.6 Å². The lowest BCUT2D eigenvalue weighted by atomic mass is 9.98. The van der Waals surface area contributed by atoms with Gasteiger partial charge in [0, 0.05) is 6.42 Å². The average molecular weight is 409 g/mol. The van der Waals surface area contributed by atoms with Crippen molar-refractivity contribution in [3.63, 3.8) is 0 Å². The fraction of sp³-hybridized carbons (Fsp3) is 0.0800. The number of benzene rings is 3. The Morgan fingerprint density at radius 3 is 2.23 bits per heavy atom. The molecular weight excluding hydrogens is 388 g/mol. The summed E-state index contributed by atoms with van der Waals surface area (Å²) in [6, 6.07) is 30.8. The van der Waals surface area contributed by atoms with Crippen molar-refractivity contribution in [3.8, 4) is 6.07 Å². The van der Waals surface area contributed by atoms with Crippen LogP contribution in [0.25, 0.3) is 6.08 Å². The zero-order valence-electron chi connectivity index (χ0n) is 16.3. The molecule has 0 saturated carbocycles. The molecule has 1 unspecified atom stereocenters. The Bertz CT molecular complexity index is 1140. The normalized spacial score (nSPS) is 16.1. The maximum atomic E-state index is 9.17. The van der Waals surface area contributed by atoms with E-state index in [0.717, 1.165) is 28.9 Å². The summed E-state index contributed by atoms with van der Waals surface area (Å²) in [5.74, 6) is 0. The second-order valence-electron chi connectivity index (χ2n) is 7.01. The smallest absolute Gasteiger partial charge is 0.114 e. The lowest BCUT2D eigenvalue weighted by Gasteiger charge is -2.24. The molecule has 0 spiro atoms. The van der Waals surface area contributed by atoms with Crippen LogP contribution in [0.2, 0.25) is 0 Å². The van der Waals surface area contributed by atoms with Gasteiger partial charge in [0.25, 0.3) is 0 Å². The number of hydrogen-bond acceptors (Lipinski definition) is 4. The maximum absolute atomic E-state index is 9.17. The summed E-state index contributed by atoms with van der Waals surface area (Å²) in [5, 5.41) is 16.2. The molecule has 146 valence electrons. The van der Waals surface area contributed by atoms with Crippen molar-refractivity contribution in [2.24, 2.45) is 10.8 Å². The number of hydrogen-bond donors (Lipinski definition) is 1. The molecule has 3 aromatic carbocycles. The SMILES string of the molecule is N#CC(=Cc1ccc(N2N=C(c3ccccc3)CC2c2ccccc2)cc1)C(N)=S. The molecule has 4 nitrogen and oxygen atoms in total. The minimum absolute atomic E-state index is 0.0994. The summed E-state index contributed by atoms with van der Waals surface area (Å²) in [4.78, 5) is 0.0994. The fourth-order valence-electron chi connectivity index (χ4n) is 3.54. The van der Waals surface area contributed by atoms with Crippen molar-refractivity contribution >= 4 is 34.7 Å². The Labute approximate surface area is 181 Å². The number of nitrogens with two attached hydrogens (primary N) is 1. The van der Waals surface area contributed by atoms with E-state index >= 15 is 0 Å². The van der Waals surface area contributed by atoms with Crippen LogP contribution in [-0.2, 0) is 0 Å². The Hall–Kier alpha value is -3.75. The van der Waals surface area contributed by atoms with E-state index in [9.17, 15) is 5.26 Å². The second-order valence-corrected chi connectivity index (χ2v) is 7.45. The highest BCUT2D eigenvalue weighted by Gasteiger charge is 2.29. The lowest BCUT2D eigenvalue weighted by molar-refractivity contribution is 0.709. The van der Waals surface area contributed by atoms with Crippen molar-refractivity contribution in [1.82, 2.24) is 0 Å². The largest absolute Gasteiger partial charge is 0.389 e. The van der Waals surface area contributed by atoms with E-state index in [1.807, 2.05) is 54.6 Å². The van der Waals surface area contributed by atoms with Gasteiger partial charge in [0.1, 0.15) is 11.1 Å². The quantitative estimate of drug-likeness (QED) is 0.356. The standard InChI is InChI=1S/C25H20N4S/c26-17-21(25(27)30)15-18-11-13-22(14-12-18)29-24(20-9-5-2-6-10-20)16-23(28-29)19-7-3-1-4-8-19/h1-15,24H,16H2,(H2,27,30). The molecule has 1 heterocycles. The Balaban J connectivity index is 1.69. The van der Waals surface area contributed by atoms with Crippen LogP contribution >= 0.6 is 12.2 Å². The van der Waals surface area contributed by atoms with Gasteiger partial charge in [0.2, 0.25) is 0 Å². The molecule has 0 saturated heterocycles. The molecule has 0 amide bonds. The molecule has 0 fully saturated rings. The van der Waals surface area contributed by atoms with E-state index in [1.165, 1.54) is 5.56 Å². The molecule has 0 radical (unpaired) electrons. The summed E-state index contributed by atoms with van der Waals surface area (Å²) in [5.41, 5.74) is 11.2. The fourth-order valence-corrected chi connectivity index (χ4v) is 3.64. The molecule has 1 aliphatic heterocycles. The van der Waals surface area contributed by atoms with Crippen molar-refractivity contribution in [2.75, 3.05) is 5.01 Å². The molecule has 3 aromatic rings. The van der Waals surface area contributed by atoms with Gasteiger partial charge in [-0.25, -0.2) is 0 Å². The Morgan fingerprint density at radius 1 is 1.00 bits per heavy atom. The molecular formula is C25H20N4S. The Kier molecular flexibility index (Phi) is 5.69. The van der Waals surface area contributed by atoms with E-state index in [4.69, 9.17) is 23.1 Å². The number of nitriles is 1. The highest BCUT2D eigenvalue weighted by Crippen LogP contribution is 2.36. The average Bonchev–Trinajstić information content (AvgIpc) is 3.24. The van der Waals surface area contributed by atoms with Crippen molar-refractivity contribution < 1.29 is 0 Å². The molecule has 0 aromatic heterocycles. The van der Waals surface area contributed by atoms with Crippen LogP contribution < -0.4 is 10.7 Å². The molecule has 0 bridgehead atoms. The van der Waals surface area contributed by atoms with Crippen molar-refractivity contribution in [2.45, 2.75) is 12.5 Å². The summed E-state index contributed by atoms with van der Waals surface area (Å²) in [6.45, 7) is 0. The first-order valence-electron chi connectivity index (χ1n) is 9.64. The van der Waals surface area contributed by atoms with Crippen LogP contribution in [0.5, 0.6) is 0 Å². The maximum Gasteiger partial charge on any atom is 0.114 e. The van der Waals surface area contributed by atoms with Crippen molar-refractivity contribution in [3.05, 3.63) is 107 Å². The van der Waals surface area contributed by atoms with E-state index < -0.39 is 0 Å². The predicted octanol–water partition coefficient (Wildman–Crippen LogP) is 5.24. The van der Waals surface area contributed by atoms with E-state index in [1.54, 1.807) is 6.08 Å². The van der Waals surface area contributed by atoms with Gasteiger partial charge in [-0.3, -0.25) is 5.01 Å². The molecule has 1 aliphatic rings. The van der Waals surface area contributed by atoms with Gasteiger partial charge in [0.05, 0.1) is 23.0 Å². The highest BCUT2D eigenvalue weighted by atomic mass is 32.1.